The van der Waals surface area contributed by atoms with Gasteiger partial charge >= 0.3 is 11.9 Å². The molecule has 0 saturated heterocycles. The molecule has 4 heteroatoms. The van der Waals surface area contributed by atoms with Crippen molar-refractivity contribution in [2.75, 3.05) is 13.2 Å². The van der Waals surface area contributed by atoms with Crippen LogP contribution in [0.15, 0.2) is 11.6 Å². The maximum Gasteiger partial charge on any atom is 0.330 e. The van der Waals surface area contributed by atoms with Gasteiger partial charge in [0.25, 0.3) is 0 Å². The number of carbonyl (C=O) groups excluding carboxylic acids is 2. The van der Waals surface area contributed by atoms with Gasteiger partial charge in [-0.15, -0.1) is 0 Å². The summed E-state index contributed by atoms with van der Waals surface area (Å²) < 4.78 is 9.66. The summed E-state index contributed by atoms with van der Waals surface area (Å²) in [5.41, 5.74) is 0.966. The van der Waals surface area contributed by atoms with Crippen molar-refractivity contribution in [2.24, 2.45) is 11.8 Å². The average Bonchev–Trinajstić information content (AvgIpc) is 2.27. The van der Waals surface area contributed by atoms with Crippen molar-refractivity contribution in [3.05, 3.63) is 11.6 Å². The van der Waals surface area contributed by atoms with Crippen LogP contribution in [0.3, 0.4) is 0 Å². The van der Waals surface area contributed by atoms with Crippen LogP contribution in [0.2, 0.25) is 0 Å². The second kappa shape index (κ2) is 13.7. The molecule has 0 heterocycles. The zero-order chi connectivity index (χ0) is 16.8. The second-order valence-corrected chi connectivity index (χ2v) is 5.97. The first-order chi connectivity index (χ1) is 9.68. The molecule has 0 aromatic rings. The molecule has 4 nitrogen and oxygen atoms in total. The van der Waals surface area contributed by atoms with Crippen molar-refractivity contribution in [1.29, 1.82) is 0 Å². The van der Waals surface area contributed by atoms with E-state index in [1.165, 1.54) is 6.08 Å². The van der Waals surface area contributed by atoms with E-state index in [2.05, 4.69) is 18.6 Å². The third kappa shape index (κ3) is 21.1. The third-order valence-corrected chi connectivity index (χ3v) is 2.23. The molecular formula is C17H32O4. The zero-order valence-electron chi connectivity index (χ0n) is 14.7. The van der Waals surface area contributed by atoms with Gasteiger partial charge in [0.05, 0.1) is 13.2 Å². The molecule has 0 aliphatic heterocycles. The van der Waals surface area contributed by atoms with Crippen LogP contribution >= 0.6 is 0 Å². The first-order valence-electron chi connectivity index (χ1n) is 7.66. The lowest BCUT2D eigenvalue weighted by Crippen LogP contribution is -2.09. The maximum absolute atomic E-state index is 11.0. The van der Waals surface area contributed by atoms with E-state index in [0.29, 0.717) is 31.5 Å². The van der Waals surface area contributed by atoms with Crippen LogP contribution in [0.25, 0.3) is 0 Å². The van der Waals surface area contributed by atoms with E-state index in [9.17, 15) is 9.59 Å². The van der Waals surface area contributed by atoms with E-state index in [-0.39, 0.29) is 11.9 Å². The summed E-state index contributed by atoms with van der Waals surface area (Å²) in [6, 6.07) is 0. The van der Waals surface area contributed by atoms with Crippen LogP contribution in [0, 0.1) is 11.8 Å². The predicted molar refractivity (Wildman–Crippen MR) is 85.9 cm³/mol. The Kier molecular flexibility index (Phi) is 14.3. The SMILES string of the molecule is CC(C)CCOC(=O)CC(C)C.CCOC(=O)C=C(C)C. The predicted octanol–water partition coefficient (Wildman–Crippen LogP) is 4.14. The molecule has 0 aromatic heterocycles. The number of hydrogen-bond acceptors (Lipinski definition) is 4. The van der Waals surface area contributed by atoms with Crippen LogP contribution in [-0.4, -0.2) is 25.2 Å². The van der Waals surface area contributed by atoms with Crippen molar-refractivity contribution in [2.45, 2.75) is 61.3 Å². The van der Waals surface area contributed by atoms with Crippen molar-refractivity contribution < 1.29 is 19.1 Å². The molecule has 0 amide bonds. The molecule has 0 spiro atoms. The molecule has 0 aromatic carbocycles. The number of carbonyl (C=O) groups is 2. The summed E-state index contributed by atoms with van der Waals surface area (Å²) in [4.78, 5) is 21.6. The highest BCUT2D eigenvalue weighted by Gasteiger charge is 2.05. The lowest BCUT2D eigenvalue weighted by molar-refractivity contribution is -0.144. The Labute approximate surface area is 129 Å². The van der Waals surface area contributed by atoms with Gasteiger partial charge in [-0.25, -0.2) is 4.79 Å². The molecule has 0 bridgehead atoms. The fourth-order valence-electron chi connectivity index (χ4n) is 1.22. The maximum atomic E-state index is 11.0. The normalized spacial score (nSPS) is 9.76. The van der Waals surface area contributed by atoms with Gasteiger partial charge in [0.2, 0.25) is 0 Å². The lowest BCUT2D eigenvalue weighted by atomic mass is 10.1. The van der Waals surface area contributed by atoms with Gasteiger partial charge in [-0.1, -0.05) is 33.3 Å². The van der Waals surface area contributed by atoms with Crippen molar-refractivity contribution >= 4 is 11.9 Å². The zero-order valence-corrected chi connectivity index (χ0v) is 14.7. The van der Waals surface area contributed by atoms with Gasteiger partial charge in [-0.05, 0) is 39.0 Å². The minimum absolute atomic E-state index is 0.0642. The Morgan fingerprint density at radius 1 is 1.00 bits per heavy atom. The molecule has 0 N–H and O–H groups in total. The number of allylic oxidation sites excluding steroid dienone is 1. The summed E-state index contributed by atoms with van der Waals surface area (Å²) in [6.45, 7) is 14.8. The fourth-order valence-corrected chi connectivity index (χ4v) is 1.22. The van der Waals surface area contributed by atoms with Crippen molar-refractivity contribution in [3.8, 4) is 0 Å². The number of hydrogen-bond donors (Lipinski definition) is 0. The van der Waals surface area contributed by atoms with Crippen molar-refractivity contribution in [3.63, 3.8) is 0 Å². The standard InChI is InChI=1S/C10H20O2.C7H12O2/c1-8(2)5-6-12-10(11)7-9(3)4;1-4-9-7(8)5-6(2)3/h8-9H,5-7H2,1-4H3;5H,4H2,1-3H3. The highest BCUT2D eigenvalue weighted by atomic mass is 16.5. The van der Waals surface area contributed by atoms with E-state index in [4.69, 9.17) is 4.74 Å². The molecule has 0 atom stereocenters. The minimum atomic E-state index is -0.252. The molecule has 124 valence electrons. The van der Waals surface area contributed by atoms with Crippen molar-refractivity contribution in [1.82, 2.24) is 0 Å². The summed E-state index contributed by atoms with van der Waals surface area (Å²) >= 11 is 0. The number of rotatable bonds is 7. The Morgan fingerprint density at radius 3 is 1.95 bits per heavy atom. The molecule has 0 radical (unpaired) electrons. The highest BCUT2D eigenvalue weighted by Crippen LogP contribution is 2.03. The average molecular weight is 300 g/mol. The molecule has 0 fully saturated rings. The van der Waals surface area contributed by atoms with Gasteiger partial charge in [0, 0.05) is 12.5 Å². The molecule has 0 saturated carbocycles. The molecule has 0 aliphatic rings. The van der Waals surface area contributed by atoms with E-state index in [1.807, 2.05) is 27.7 Å². The molecule has 0 aliphatic carbocycles. The Morgan fingerprint density at radius 2 is 1.57 bits per heavy atom. The highest BCUT2D eigenvalue weighted by molar-refractivity contribution is 5.82. The van der Waals surface area contributed by atoms with E-state index >= 15 is 0 Å². The second-order valence-electron chi connectivity index (χ2n) is 5.97. The lowest BCUT2D eigenvalue weighted by Gasteiger charge is -2.07. The summed E-state index contributed by atoms with van der Waals surface area (Å²) in [6.07, 6.45) is 2.98. The topological polar surface area (TPSA) is 52.6 Å². The largest absolute Gasteiger partial charge is 0.466 e. The molecular weight excluding hydrogens is 268 g/mol. The summed E-state index contributed by atoms with van der Waals surface area (Å²) in [7, 11) is 0. The molecule has 21 heavy (non-hydrogen) atoms. The fraction of sp³-hybridized carbons (Fsp3) is 0.765. The first kappa shape index (κ1) is 22.0. The molecule has 0 unspecified atom stereocenters. The Bertz CT molecular complexity index is 313. The van der Waals surface area contributed by atoms with Gasteiger partial charge in [-0.3, -0.25) is 4.79 Å². The van der Waals surface area contributed by atoms with Crippen LogP contribution in [0.4, 0.5) is 0 Å². The van der Waals surface area contributed by atoms with Crippen LogP contribution < -0.4 is 0 Å². The monoisotopic (exact) mass is 300 g/mol. The van der Waals surface area contributed by atoms with Crippen LogP contribution in [0.5, 0.6) is 0 Å². The Balaban J connectivity index is 0. The summed E-state index contributed by atoms with van der Waals surface area (Å²) in [5, 5.41) is 0. The molecule has 0 rings (SSSR count). The van der Waals surface area contributed by atoms with Crippen LogP contribution in [-0.2, 0) is 19.1 Å². The van der Waals surface area contributed by atoms with Gasteiger partial charge < -0.3 is 9.47 Å². The first-order valence-corrected chi connectivity index (χ1v) is 7.66. The Hall–Kier alpha value is -1.32. The van der Waals surface area contributed by atoms with Gasteiger partial charge in [0.15, 0.2) is 0 Å². The van der Waals surface area contributed by atoms with Crippen LogP contribution in [0.1, 0.15) is 61.3 Å². The number of ether oxygens (including phenoxy) is 2. The van der Waals surface area contributed by atoms with E-state index < -0.39 is 0 Å². The third-order valence-electron chi connectivity index (χ3n) is 2.23. The van der Waals surface area contributed by atoms with E-state index in [0.717, 1.165) is 12.0 Å². The minimum Gasteiger partial charge on any atom is -0.466 e. The van der Waals surface area contributed by atoms with Gasteiger partial charge in [0.1, 0.15) is 0 Å². The van der Waals surface area contributed by atoms with Gasteiger partial charge in [-0.2, -0.15) is 0 Å². The summed E-state index contributed by atoms with van der Waals surface area (Å²) in [5.74, 6) is 0.691. The van der Waals surface area contributed by atoms with E-state index in [1.54, 1.807) is 6.92 Å². The smallest absolute Gasteiger partial charge is 0.330 e. The quantitative estimate of drug-likeness (QED) is 0.524. The number of esters is 2.